The van der Waals surface area contributed by atoms with Crippen molar-refractivity contribution in [1.29, 1.82) is 0 Å². The maximum Gasteiger partial charge on any atom is 0.308 e. The van der Waals surface area contributed by atoms with Gasteiger partial charge in [0.25, 0.3) is 5.91 Å². The molecule has 26 heavy (non-hydrogen) atoms. The minimum Gasteiger partial charge on any atom is -0.508 e. The fourth-order valence-corrected chi connectivity index (χ4v) is 3.80. The number of phenolic OH excluding ortho intramolecular Hbond substituents is 1. The number of nitrogens with one attached hydrogen (secondary N) is 2. The number of fused-ring (bicyclic) bond motifs is 1. The minimum atomic E-state index is -0.133. The smallest absolute Gasteiger partial charge is 0.308 e. The largest absolute Gasteiger partial charge is 0.508 e. The molecule has 3 rings (SSSR count). The van der Waals surface area contributed by atoms with Crippen LogP contribution >= 0.6 is 0 Å². The van der Waals surface area contributed by atoms with E-state index in [0.717, 1.165) is 42.3 Å². The second-order valence-corrected chi connectivity index (χ2v) is 7.03. The number of ether oxygens (including phenoxy) is 1. The summed E-state index contributed by atoms with van der Waals surface area (Å²) in [5.74, 6) is 0.295. The molecule has 1 heterocycles. The molecular weight excluding hydrogens is 332 g/mol. The first-order valence-electron chi connectivity index (χ1n) is 9.25. The van der Waals surface area contributed by atoms with Gasteiger partial charge in [0.05, 0.1) is 18.1 Å². The van der Waals surface area contributed by atoms with E-state index in [1.807, 2.05) is 13.8 Å². The van der Waals surface area contributed by atoms with Crippen LogP contribution in [0.4, 0.5) is 0 Å². The van der Waals surface area contributed by atoms with Crippen LogP contribution in [-0.2, 0) is 9.53 Å². The maximum atomic E-state index is 12.7. The third-order valence-electron chi connectivity index (χ3n) is 5.21. The highest BCUT2D eigenvalue weighted by atomic mass is 16.5. The molecule has 1 fully saturated rings. The molecule has 1 amide bonds. The van der Waals surface area contributed by atoms with E-state index in [1.54, 1.807) is 18.2 Å². The Morgan fingerprint density at radius 3 is 2.69 bits per heavy atom. The average molecular weight is 358 g/mol. The standard InChI is InChI=1S/C20H26N2O4/c1-3-26-20(25)14-6-4-13(5-7-14)11-21-19(24)18-12(2)22-17-9-8-15(23)10-16(17)18/h8-10,13-14,22-23H,3-7,11H2,1-2H3,(H,21,24). The van der Waals surface area contributed by atoms with Crippen LogP contribution in [0.3, 0.4) is 0 Å². The first-order valence-corrected chi connectivity index (χ1v) is 9.25. The van der Waals surface area contributed by atoms with Gasteiger partial charge in [-0.2, -0.15) is 0 Å². The van der Waals surface area contributed by atoms with Crippen LogP contribution in [0.25, 0.3) is 10.9 Å². The highest BCUT2D eigenvalue weighted by Crippen LogP contribution is 2.30. The maximum absolute atomic E-state index is 12.7. The SMILES string of the molecule is CCOC(=O)C1CCC(CNC(=O)c2c(C)[nH]c3ccc(O)cc23)CC1. The molecule has 140 valence electrons. The predicted octanol–water partition coefficient (Wildman–Crippen LogP) is 3.28. The van der Waals surface area contributed by atoms with Crippen molar-refractivity contribution in [2.75, 3.05) is 13.2 Å². The zero-order valence-corrected chi connectivity index (χ0v) is 15.3. The van der Waals surface area contributed by atoms with Gasteiger partial charge in [0.2, 0.25) is 0 Å². The Morgan fingerprint density at radius 1 is 1.27 bits per heavy atom. The number of rotatable bonds is 5. The van der Waals surface area contributed by atoms with Gasteiger partial charge in [-0.1, -0.05) is 0 Å². The van der Waals surface area contributed by atoms with Crippen LogP contribution in [0.15, 0.2) is 18.2 Å². The lowest BCUT2D eigenvalue weighted by atomic mass is 9.82. The molecule has 1 aliphatic carbocycles. The van der Waals surface area contributed by atoms with Gasteiger partial charge in [0, 0.05) is 23.1 Å². The molecule has 1 saturated carbocycles. The fraction of sp³-hybridized carbons (Fsp3) is 0.500. The van der Waals surface area contributed by atoms with E-state index < -0.39 is 0 Å². The Bertz CT molecular complexity index is 803. The zero-order valence-electron chi connectivity index (χ0n) is 15.3. The number of aromatic nitrogens is 1. The van der Waals surface area contributed by atoms with Crippen molar-refractivity contribution in [3.8, 4) is 5.75 Å². The molecule has 1 aromatic carbocycles. The molecule has 0 bridgehead atoms. The van der Waals surface area contributed by atoms with Gasteiger partial charge in [0.1, 0.15) is 5.75 Å². The number of hydrogen-bond donors (Lipinski definition) is 3. The van der Waals surface area contributed by atoms with Gasteiger partial charge < -0.3 is 20.1 Å². The van der Waals surface area contributed by atoms with Crippen LogP contribution in [0.1, 0.15) is 48.7 Å². The molecule has 0 saturated heterocycles. The molecule has 6 heteroatoms. The van der Waals surface area contributed by atoms with Crippen LogP contribution in [0.5, 0.6) is 5.75 Å². The van der Waals surface area contributed by atoms with E-state index in [0.29, 0.717) is 24.6 Å². The molecule has 0 radical (unpaired) electrons. The summed E-state index contributed by atoms with van der Waals surface area (Å²) in [5.41, 5.74) is 2.20. The highest BCUT2D eigenvalue weighted by Gasteiger charge is 2.27. The number of benzene rings is 1. The number of hydrogen-bond acceptors (Lipinski definition) is 4. The van der Waals surface area contributed by atoms with Crippen molar-refractivity contribution < 1.29 is 19.4 Å². The Hall–Kier alpha value is -2.50. The number of aromatic hydroxyl groups is 1. The molecule has 0 spiro atoms. The number of aromatic amines is 1. The molecule has 0 aliphatic heterocycles. The van der Waals surface area contributed by atoms with Crippen LogP contribution in [0.2, 0.25) is 0 Å². The van der Waals surface area contributed by atoms with E-state index in [2.05, 4.69) is 10.3 Å². The number of esters is 1. The van der Waals surface area contributed by atoms with Gasteiger partial charge in [0.15, 0.2) is 0 Å². The number of carbonyl (C=O) groups is 2. The molecule has 0 atom stereocenters. The Labute approximate surface area is 152 Å². The topological polar surface area (TPSA) is 91.4 Å². The van der Waals surface area contributed by atoms with E-state index in [9.17, 15) is 14.7 Å². The summed E-state index contributed by atoms with van der Waals surface area (Å²) >= 11 is 0. The monoisotopic (exact) mass is 358 g/mol. The lowest BCUT2D eigenvalue weighted by Gasteiger charge is -2.27. The second-order valence-electron chi connectivity index (χ2n) is 7.03. The normalized spacial score (nSPS) is 20.1. The lowest BCUT2D eigenvalue weighted by Crippen LogP contribution is -2.33. The Kier molecular flexibility index (Phi) is 5.49. The number of H-pyrrole nitrogens is 1. The van der Waals surface area contributed by atoms with Gasteiger partial charge >= 0.3 is 5.97 Å². The van der Waals surface area contributed by atoms with Gasteiger partial charge in [-0.3, -0.25) is 9.59 Å². The predicted molar refractivity (Wildman–Crippen MR) is 99.1 cm³/mol. The summed E-state index contributed by atoms with van der Waals surface area (Å²) in [6.45, 7) is 4.70. The van der Waals surface area contributed by atoms with E-state index in [-0.39, 0.29) is 23.5 Å². The first-order chi connectivity index (χ1) is 12.5. The summed E-state index contributed by atoms with van der Waals surface area (Å²) in [7, 11) is 0. The molecule has 2 aromatic rings. The van der Waals surface area contributed by atoms with Crippen molar-refractivity contribution in [2.45, 2.75) is 39.5 Å². The van der Waals surface area contributed by atoms with Crippen molar-refractivity contribution >= 4 is 22.8 Å². The fourth-order valence-electron chi connectivity index (χ4n) is 3.80. The molecular formula is C20H26N2O4. The summed E-state index contributed by atoms with van der Waals surface area (Å²) in [6, 6.07) is 4.98. The molecule has 3 N–H and O–H groups in total. The summed E-state index contributed by atoms with van der Waals surface area (Å²) in [4.78, 5) is 27.6. The van der Waals surface area contributed by atoms with Crippen molar-refractivity contribution in [3.05, 3.63) is 29.5 Å². The first kappa shape index (κ1) is 18.3. The van der Waals surface area contributed by atoms with Crippen molar-refractivity contribution in [2.24, 2.45) is 11.8 Å². The molecule has 1 aromatic heterocycles. The molecule has 1 aliphatic rings. The average Bonchev–Trinajstić information content (AvgIpc) is 2.95. The Morgan fingerprint density at radius 2 is 2.00 bits per heavy atom. The van der Waals surface area contributed by atoms with Crippen LogP contribution in [-0.4, -0.2) is 35.1 Å². The zero-order chi connectivity index (χ0) is 18.7. The summed E-state index contributed by atoms with van der Waals surface area (Å²) in [6.07, 6.45) is 3.47. The highest BCUT2D eigenvalue weighted by molar-refractivity contribution is 6.08. The number of carbonyl (C=O) groups excluding carboxylic acids is 2. The van der Waals surface area contributed by atoms with Gasteiger partial charge in [-0.25, -0.2) is 0 Å². The second kappa shape index (κ2) is 7.81. The van der Waals surface area contributed by atoms with Crippen LogP contribution in [0, 0.1) is 18.8 Å². The summed E-state index contributed by atoms with van der Waals surface area (Å²) < 4.78 is 5.09. The molecule has 0 unspecified atom stereocenters. The lowest BCUT2D eigenvalue weighted by molar-refractivity contribution is -0.149. The number of aryl methyl sites for hydroxylation is 1. The third-order valence-corrected chi connectivity index (χ3v) is 5.21. The number of amides is 1. The summed E-state index contributed by atoms with van der Waals surface area (Å²) in [5, 5.41) is 13.5. The quantitative estimate of drug-likeness (QED) is 0.715. The molecule has 6 nitrogen and oxygen atoms in total. The van der Waals surface area contributed by atoms with E-state index >= 15 is 0 Å². The van der Waals surface area contributed by atoms with Crippen molar-refractivity contribution in [3.63, 3.8) is 0 Å². The van der Waals surface area contributed by atoms with Crippen LogP contribution < -0.4 is 5.32 Å². The van der Waals surface area contributed by atoms with Gasteiger partial charge in [-0.15, -0.1) is 0 Å². The number of phenols is 1. The third kappa shape index (κ3) is 3.84. The van der Waals surface area contributed by atoms with Gasteiger partial charge in [-0.05, 0) is 63.6 Å². The van der Waals surface area contributed by atoms with E-state index in [4.69, 9.17) is 4.74 Å². The Balaban J connectivity index is 1.58. The van der Waals surface area contributed by atoms with Crippen molar-refractivity contribution in [1.82, 2.24) is 10.3 Å². The van der Waals surface area contributed by atoms with E-state index in [1.165, 1.54) is 0 Å². The minimum absolute atomic E-state index is 0.000684.